The van der Waals surface area contributed by atoms with Crippen LogP contribution in [0, 0.1) is 0 Å². The molecular weight excluding hydrogens is 448 g/mol. The largest absolute Gasteiger partial charge is 0.381 e. The van der Waals surface area contributed by atoms with Crippen molar-refractivity contribution < 1.29 is 14.3 Å². The van der Waals surface area contributed by atoms with E-state index < -0.39 is 0 Å². The first kappa shape index (κ1) is 25.4. The summed E-state index contributed by atoms with van der Waals surface area (Å²) in [5.41, 5.74) is 1.57. The van der Waals surface area contributed by atoms with Crippen molar-refractivity contribution in [3.05, 3.63) is 66.3 Å². The molecule has 3 heterocycles. The molecule has 35 heavy (non-hydrogen) atoms. The lowest BCUT2D eigenvalue weighted by Gasteiger charge is -2.11. The Bertz CT molecular complexity index is 1200. The third kappa shape index (κ3) is 6.87. The van der Waals surface area contributed by atoms with Gasteiger partial charge in [-0.05, 0) is 44.1 Å². The fourth-order valence-electron chi connectivity index (χ4n) is 3.00. The average Bonchev–Trinajstić information content (AvgIpc) is 3.64. The Morgan fingerprint density at radius 2 is 2.09 bits per heavy atom. The Kier molecular flexibility index (Phi) is 8.90. The molecule has 11 nitrogen and oxygen atoms in total. The third-order valence-electron chi connectivity index (χ3n) is 5.00. The zero-order valence-electron chi connectivity index (χ0n) is 20.2. The number of carbonyl (C=O) groups is 2. The second-order valence-electron chi connectivity index (χ2n) is 7.60. The highest BCUT2D eigenvalue weighted by Crippen LogP contribution is 2.21. The van der Waals surface area contributed by atoms with E-state index in [9.17, 15) is 9.59 Å². The molecule has 11 heteroatoms. The summed E-state index contributed by atoms with van der Waals surface area (Å²) < 4.78 is 6.42. The van der Waals surface area contributed by atoms with Crippen molar-refractivity contribution in [3.63, 3.8) is 0 Å². The monoisotopic (exact) mass is 478 g/mol. The quantitative estimate of drug-likeness (QED) is 0.317. The summed E-state index contributed by atoms with van der Waals surface area (Å²) in [7, 11) is 5.08. The standard InChI is InChI=1S/C20H22N8O2.C4H8O/c1-14(7-6-10-27(13-29)17-8-4-5-9-23-17)25-16-11-18(21-2)28-19(26-16)15(12-24-28)20(30)22-3;1-5-4-2-3-4/h4-13,21H,1-3H3,(H,22,30)(H,25,26);4H,2-3H2,1H3/b10-6-,14-7+;. The summed E-state index contributed by atoms with van der Waals surface area (Å²) in [5, 5.41) is 13.0. The number of hydrogen-bond acceptors (Lipinski definition) is 8. The Labute approximate surface area is 203 Å². The number of anilines is 3. The number of nitrogens with one attached hydrogen (secondary N) is 3. The van der Waals surface area contributed by atoms with Crippen LogP contribution in [0.3, 0.4) is 0 Å². The Hall–Kier alpha value is -4.25. The number of allylic oxidation sites excluding steroid dienone is 3. The van der Waals surface area contributed by atoms with Crippen LogP contribution in [-0.4, -0.2) is 59.2 Å². The van der Waals surface area contributed by atoms with Crippen molar-refractivity contribution in [2.75, 3.05) is 36.7 Å². The number of carbonyl (C=O) groups excluding carboxylic acids is 2. The second kappa shape index (κ2) is 12.3. The van der Waals surface area contributed by atoms with E-state index in [0.29, 0.717) is 41.2 Å². The molecular formula is C24H30N8O3. The first-order valence-electron chi connectivity index (χ1n) is 11.1. The molecule has 1 fully saturated rings. The minimum Gasteiger partial charge on any atom is -0.381 e. The molecule has 2 amide bonds. The lowest BCUT2D eigenvalue weighted by molar-refractivity contribution is -0.107. The maximum atomic E-state index is 12.1. The van der Waals surface area contributed by atoms with Crippen molar-refractivity contribution >= 4 is 35.4 Å². The molecule has 0 aliphatic heterocycles. The van der Waals surface area contributed by atoms with Gasteiger partial charge in [0.05, 0.1) is 12.3 Å². The maximum absolute atomic E-state index is 12.1. The van der Waals surface area contributed by atoms with E-state index in [2.05, 4.69) is 31.0 Å². The van der Waals surface area contributed by atoms with Crippen LogP contribution in [0.1, 0.15) is 30.1 Å². The summed E-state index contributed by atoms with van der Waals surface area (Å²) in [5.74, 6) is 1.46. The van der Waals surface area contributed by atoms with Gasteiger partial charge in [0.15, 0.2) is 5.65 Å². The van der Waals surface area contributed by atoms with Gasteiger partial charge in [-0.15, -0.1) is 0 Å². The first-order chi connectivity index (χ1) is 17.0. The van der Waals surface area contributed by atoms with Gasteiger partial charge in [-0.1, -0.05) is 6.07 Å². The van der Waals surface area contributed by atoms with E-state index in [1.165, 1.54) is 23.9 Å². The Morgan fingerprint density at radius 3 is 2.66 bits per heavy atom. The van der Waals surface area contributed by atoms with Crippen LogP contribution in [0.25, 0.3) is 5.65 Å². The summed E-state index contributed by atoms with van der Waals surface area (Å²) in [4.78, 5) is 33.4. The highest BCUT2D eigenvalue weighted by Gasteiger charge is 2.19. The van der Waals surface area contributed by atoms with E-state index in [0.717, 1.165) is 5.70 Å². The summed E-state index contributed by atoms with van der Waals surface area (Å²) in [6, 6.07) is 7.10. The maximum Gasteiger partial charge on any atom is 0.256 e. The highest BCUT2D eigenvalue weighted by atomic mass is 16.5. The number of rotatable bonds is 9. The minimum atomic E-state index is -0.268. The molecule has 0 unspecified atom stereocenters. The second-order valence-corrected chi connectivity index (χ2v) is 7.60. The van der Waals surface area contributed by atoms with Crippen LogP contribution in [0.15, 0.2) is 60.7 Å². The topological polar surface area (TPSA) is 126 Å². The number of aromatic nitrogens is 4. The zero-order chi connectivity index (χ0) is 25.2. The van der Waals surface area contributed by atoms with Crippen molar-refractivity contribution in [2.24, 2.45) is 0 Å². The van der Waals surface area contributed by atoms with Gasteiger partial charge in [-0.25, -0.2) is 9.97 Å². The van der Waals surface area contributed by atoms with Gasteiger partial charge < -0.3 is 20.7 Å². The van der Waals surface area contributed by atoms with Crippen molar-refractivity contribution in [1.82, 2.24) is 24.9 Å². The Balaban J connectivity index is 0.000000607. The molecule has 3 aromatic heterocycles. The van der Waals surface area contributed by atoms with Crippen LogP contribution in [0.5, 0.6) is 0 Å². The minimum absolute atomic E-state index is 0.268. The van der Waals surface area contributed by atoms with E-state index in [1.54, 1.807) is 74.5 Å². The van der Waals surface area contributed by atoms with E-state index >= 15 is 0 Å². The van der Waals surface area contributed by atoms with Crippen LogP contribution in [0.4, 0.5) is 17.5 Å². The van der Waals surface area contributed by atoms with Gasteiger partial charge >= 0.3 is 0 Å². The van der Waals surface area contributed by atoms with Crippen LogP contribution in [0.2, 0.25) is 0 Å². The predicted molar refractivity (Wildman–Crippen MR) is 135 cm³/mol. The number of nitrogens with zero attached hydrogens (tertiary/aromatic N) is 5. The first-order valence-corrected chi connectivity index (χ1v) is 11.1. The smallest absolute Gasteiger partial charge is 0.256 e. The molecule has 3 N–H and O–H groups in total. The molecule has 0 spiro atoms. The average molecular weight is 479 g/mol. The predicted octanol–water partition coefficient (Wildman–Crippen LogP) is 2.81. The highest BCUT2D eigenvalue weighted by molar-refractivity contribution is 5.99. The summed E-state index contributed by atoms with van der Waals surface area (Å²) >= 11 is 0. The molecule has 0 atom stereocenters. The number of hydrogen-bond donors (Lipinski definition) is 3. The van der Waals surface area contributed by atoms with Crippen LogP contribution < -0.4 is 20.9 Å². The SMILES string of the molecule is CNC(=O)c1cnn2c(NC)cc(N/C(C)=C/C=C\N(C=O)c3ccccn3)nc12.COC1CC1. The van der Waals surface area contributed by atoms with Gasteiger partial charge in [0.2, 0.25) is 6.41 Å². The number of ether oxygens (including phenoxy) is 1. The number of amides is 2. The molecule has 0 radical (unpaired) electrons. The number of pyridine rings is 1. The molecule has 1 saturated carbocycles. The molecule has 1 aliphatic rings. The van der Waals surface area contributed by atoms with Gasteiger partial charge in [0.1, 0.15) is 23.0 Å². The summed E-state index contributed by atoms with van der Waals surface area (Å²) in [6.45, 7) is 1.86. The fraction of sp³-hybridized carbons (Fsp3) is 0.292. The van der Waals surface area contributed by atoms with Crippen LogP contribution >= 0.6 is 0 Å². The molecule has 4 rings (SSSR count). The number of methoxy groups -OCH3 is 1. The third-order valence-corrected chi connectivity index (χ3v) is 5.00. The zero-order valence-corrected chi connectivity index (χ0v) is 20.2. The van der Waals surface area contributed by atoms with E-state index in [-0.39, 0.29) is 5.91 Å². The fourth-order valence-corrected chi connectivity index (χ4v) is 3.00. The molecule has 1 aliphatic carbocycles. The molecule has 184 valence electrons. The van der Waals surface area contributed by atoms with Gasteiger partial charge in [0, 0.05) is 45.4 Å². The molecule has 0 saturated heterocycles. The summed E-state index contributed by atoms with van der Waals surface area (Å²) in [6.07, 6.45) is 12.1. The molecule has 0 bridgehead atoms. The van der Waals surface area contributed by atoms with Gasteiger partial charge in [-0.3, -0.25) is 14.5 Å². The van der Waals surface area contributed by atoms with Gasteiger partial charge in [0.25, 0.3) is 5.91 Å². The van der Waals surface area contributed by atoms with Crippen molar-refractivity contribution in [2.45, 2.75) is 25.9 Å². The van der Waals surface area contributed by atoms with Crippen LogP contribution in [-0.2, 0) is 9.53 Å². The lowest BCUT2D eigenvalue weighted by Crippen LogP contribution is -2.18. The molecule has 3 aromatic rings. The van der Waals surface area contributed by atoms with Crippen molar-refractivity contribution in [1.29, 1.82) is 0 Å². The Morgan fingerprint density at radius 1 is 1.29 bits per heavy atom. The normalized spacial score (nSPS) is 13.2. The van der Waals surface area contributed by atoms with Crippen molar-refractivity contribution in [3.8, 4) is 0 Å². The molecule has 0 aromatic carbocycles. The van der Waals surface area contributed by atoms with E-state index in [4.69, 9.17) is 4.74 Å². The van der Waals surface area contributed by atoms with E-state index in [1.807, 2.05) is 6.92 Å². The lowest BCUT2D eigenvalue weighted by atomic mass is 10.3. The number of fused-ring (bicyclic) bond motifs is 1. The van der Waals surface area contributed by atoms with Gasteiger partial charge in [-0.2, -0.15) is 9.61 Å².